The number of benzene rings is 1. The molecule has 0 aliphatic heterocycles. The standard InChI is InChI=1S/C20H19N3O4/c1-20(2,25)11-10-15-8-9-16(26-15)19(24)21-13-18-22-17(23-27-18)12-14-6-4-3-5-7-14/h3-9,25H,12-13H2,1-2H3,(H,21,24). The summed E-state index contributed by atoms with van der Waals surface area (Å²) in [6.07, 6.45) is 0.555. The van der Waals surface area contributed by atoms with Gasteiger partial charge in [-0.1, -0.05) is 41.4 Å². The van der Waals surface area contributed by atoms with Crippen LogP contribution in [-0.2, 0) is 13.0 Å². The predicted octanol–water partition coefficient (Wildman–Crippen LogP) is 2.31. The van der Waals surface area contributed by atoms with Crippen LogP contribution in [0.4, 0.5) is 0 Å². The van der Waals surface area contributed by atoms with E-state index >= 15 is 0 Å². The number of carbonyl (C=O) groups is 1. The Kier molecular flexibility index (Phi) is 5.38. The van der Waals surface area contributed by atoms with E-state index in [1.807, 2.05) is 30.3 Å². The van der Waals surface area contributed by atoms with Crippen LogP contribution in [0.5, 0.6) is 0 Å². The summed E-state index contributed by atoms with van der Waals surface area (Å²) in [5.41, 5.74) is -0.0610. The molecule has 0 unspecified atom stereocenters. The molecule has 0 atom stereocenters. The van der Waals surface area contributed by atoms with Crippen LogP contribution in [0.15, 0.2) is 51.4 Å². The fourth-order valence-electron chi connectivity index (χ4n) is 2.20. The molecule has 0 spiro atoms. The minimum atomic E-state index is -1.13. The molecule has 2 N–H and O–H groups in total. The van der Waals surface area contributed by atoms with Crippen LogP contribution in [-0.4, -0.2) is 26.8 Å². The first-order valence-corrected chi connectivity index (χ1v) is 8.38. The quantitative estimate of drug-likeness (QED) is 0.673. The Morgan fingerprint density at radius 1 is 1.22 bits per heavy atom. The molecule has 1 amide bonds. The van der Waals surface area contributed by atoms with Crippen molar-refractivity contribution in [1.82, 2.24) is 15.5 Å². The number of amides is 1. The number of aromatic nitrogens is 2. The zero-order chi connectivity index (χ0) is 19.3. The highest BCUT2D eigenvalue weighted by Crippen LogP contribution is 2.09. The maximum absolute atomic E-state index is 12.1. The summed E-state index contributed by atoms with van der Waals surface area (Å²) in [7, 11) is 0. The van der Waals surface area contributed by atoms with Gasteiger partial charge in [0.2, 0.25) is 5.89 Å². The Labute approximate surface area is 156 Å². The van der Waals surface area contributed by atoms with Crippen LogP contribution in [0.25, 0.3) is 0 Å². The van der Waals surface area contributed by atoms with Crippen LogP contribution >= 0.6 is 0 Å². The van der Waals surface area contributed by atoms with Gasteiger partial charge in [-0.25, -0.2) is 0 Å². The molecule has 0 saturated carbocycles. The fourth-order valence-corrected chi connectivity index (χ4v) is 2.20. The molecule has 0 aliphatic carbocycles. The molecule has 7 heteroatoms. The van der Waals surface area contributed by atoms with Gasteiger partial charge in [0.05, 0.1) is 6.54 Å². The third-order valence-electron chi connectivity index (χ3n) is 3.44. The van der Waals surface area contributed by atoms with Crippen LogP contribution in [0, 0.1) is 11.8 Å². The average molecular weight is 365 g/mol. The number of hydrogen-bond donors (Lipinski definition) is 2. The molecule has 0 bridgehead atoms. The lowest BCUT2D eigenvalue weighted by Crippen LogP contribution is -2.22. The van der Waals surface area contributed by atoms with Gasteiger partial charge in [0, 0.05) is 6.42 Å². The van der Waals surface area contributed by atoms with E-state index in [2.05, 4.69) is 27.3 Å². The maximum Gasteiger partial charge on any atom is 0.287 e. The zero-order valence-electron chi connectivity index (χ0n) is 15.0. The molecule has 7 nitrogen and oxygen atoms in total. The smallest absolute Gasteiger partial charge is 0.287 e. The van der Waals surface area contributed by atoms with Crippen molar-refractivity contribution in [3.8, 4) is 11.8 Å². The minimum Gasteiger partial charge on any atom is -0.443 e. The van der Waals surface area contributed by atoms with Crippen molar-refractivity contribution in [3.63, 3.8) is 0 Å². The van der Waals surface area contributed by atoms with E-state index in [0.29, 0.717) is 23.9 Å². The van der Waals surface area contributed by atoms with Crippen molar-refractivity contribution < 1.29 is 18.8 Å². The van der Waals surface area contributed by atoms with Gasteiger partial charge in [-0.05, 0) is 37.5 Å². The fraction of sp³-hybridized carbons (Fsp3) is 0.250. The van der Waals surface area contributed by atoms with Crippen molar-refractivity contribution in [2.24, 2.45) is 0 Å². The lowest BCUT2D eigenvalue weighted by atomic mass is 10.1. The van der Waals surface area contributed by atoms with Gasteiger partial charge in [0.25, 0.3) is 5.91 Å². The van der Waals surface area contributed by atoms with Crippen molar-refractivity contribution >= 4 is 5.91 Å². The van der Waals surface area contributed by atoms with Gasteiger partial charge in [-0.2, -0.15) is 4.98 Å². The molecule has 27 heavy (non-hydrogen) atoms. The molecule has 138 valence electrons. The topological polar surface area (TPSA) is 101 Å². The Bertz CT molecular complexity index is 972. The molecule has 2 heterocycles. The first-order valence-electron chi connectivity index (χ1n) is 8.38. The van der Waals surface area contributed by atoms with Gasteiger partial charge >= 0.3 is 0 Å². The Hall–Kier alpha value is -3.37. The van der Waals surface area contributed by atoms with E-state index in [4.69, 9.17) is 8.94 Å². The van der Waals surface area contributed by atoms with Gasteiger partial charge in [0.15, 0.2) is 17.3 Å². The monoisotopic (exact) mass is 365 g/mol. The SMILES string of the molecule is CC(C)(O)C#Cc1ccc(C(=O)NCc2nc(Cc3ccccc3)no2)o1. The normalized spacial score (nSPS) is 10.9. The second-order valence-corrected chi connectivity index (χ2v) is 6.42. The number of furan rings is 1. The summed E-state index contributed by atoms with van der Waals surface area (Å²) in [6, 6.07) is 12.9. The molecule has 1 aromatic carbocycles. The molecular formula is C20H19N3O4. The highest BCUT2D eigenvalue weighted by molar-refractivity contribution is 5.91. The largest absolute Gasteiger partial charge is 0.443 e. The number of aliphatic hydroxyl groups is 1. The lowest BCUT2D eigenvalue weighted by Gasteiger charge is -2.05. The van der Waals surface area contributed by atoms with Gasteiger partial charge in [-0.3, -0.25) is 4.79 Å². The van der Waals surface area contributed by atoms with E-state index in [-0.39, 0.29) is 12.3 Å². The third kappa shape index (κ3) is 5.56. The van der Waals surface area contributed by atoms with Crippen molar-refractivity contribution in [1.29, 1.82) is 0 Å². The lowest BCUT2D eigenvalue weighted by molar-refractivity contribution is 0.0918. The van der Waals surface area contributed by atoms with Gasteiger partial charge in [0.1, 0.15) is 5.60 Å². The third-order valence-corrected chi connectivity index (χ3v) is 3.44. The molecule has 0 radical (unpaired) electrons. The molecule has 0 fully saturated rings. The Morgan fingerprint density at radius 2 is 2.00 bits per heavy atom. The number of nitrogens with zero attached hydrogens (tertiary/aromatic N) is 2. The zero-order valence-corrected chi connectivity index (χ0v) is 15.0. The summed E-state index contributed by atoms with van der Waals surface area (Å²) in [6.45, 7) is 3.21. The molecule has 2 aromatic heterocycles. The van der Waals surface area contributed by atoms with E-state index in [9.17, 15) is 9.90 Å². The number of nitrogens with one attached hydrogen (secondary N) is 1. The predicted molar refractivity (Wildman–Crippen MR) is 96.6 cm³/mol. The van der Waals surface area contributed by atoms with Crippen molar-refractivity contribution in [3.05, 3.63) is 71.3 Å². The van der Waals surface area contributed by atoms with E-state index in [1.165, 1.54) is 6.07 Å². The highest BCUT2D eigenvalue weighted by Gasteiger charge is 2.13. The number of carbonyl (C=O) groups excluding carboxylic acids is 1. The van der Waals surface area contributed by atoms with Crippen LogP contribution < -0.4 is 5.32 Å². The van der Waals surface area contributed by atoms with E-state index < -0.39 is 11.5 Å². The van der Waals surface area contributed by atoms with Crippen molar-refractivity contribution in [2.75, 3.05) is 0 Å². The average Bonchev–Trinajstić information content (AvgIpc) is 3.28. The molecule has 3 rings (SSSR count). The van der Waals surface area contributed by atoms with Crippen LogP contribution in [0.3, 0.4) is 0 Å². The summed E-state index contributed by atoms with van der Waals surface area (Å²) >= 11 is 0. The van der Waals surface area contributed by atoms with Gasteiger partial charge < -0.3 is 19.4 Å². The van der Waals surface area contributed by atoms with Gasteiger partial charge in [-0.15, -0.1) is 0 Å². The summed E-state index contributed by atoms with van der Waals surface area (Å²) in [4.78, 5) is 16.4. The molecule has 0 saturated heterocycles. The molecule has 3 aromatic rings. The summed E-state index contributed by atoms with van der Waals surface area (Å²) in [5, 5.41) is 16.1. The minimum absolute atomic E-state index is 0.0893. The number of hydrogen-bond acceptors (Lipinski definition) is 6. The maximum atomic E-state index is 12.1. The number of rotatable bonds is 5. The van der Waals surface area contributed by atoms with E-state index in [0.717, 1.165) is 5.56 Å². The summed E-state index contributed by atoms with van der Waals surface area (Å²) < 4.78 is 10.5. The second-order valence-electron chi connectivity index (χ2n) is 6.42. The van der Waals surface area contributed by atoms with E-state index in [1.54, 1.807) is 19.9 Å². The van der Waals surface area contributed by atoms with Crippen molar-refractivity contribution in [2.45, 2.75) is 32.4 Å². The Morgan fingerprint density at radius 3 is 2.74 bits per heavy atom. The molecule has 0 aliphatic rings. The summed E-state index contributed by atoms with van der Waals surface area (Å²) in [5.74, 6) is 6.13. The van der Waals surface area contributed by atoms with Crippen LogP contribution in [0.1, 0.15) is 47.4 Å². The Balaban J connectivity index is 1.55. The first kappa shape index (κ1) is 18.4. The second kappa shape index (κ2) is 7.89. The van der Waals surface area contributed by atoms with Crippen LogP contribution in [0.2, 0.25) is 0 Å². The first-order chi connectivity index (χ1) is 12.9. The highest BCUT2D eigenvalue weighted by atomic mass is 16.5. The molecular weight excluding hydrogens is 346 g/mol.